The fourth-order valence-corrected chi connectivity index (χ4v) is 3.93. The number of rotatable bonds is 10. The molecule has 0 bridgehead atoms. The van der Waals surface area contributed by atoms with E-state index >= 15 is 0 Å². The van der Waals surface area contributed by atoms with Gasteiger partial charge in [0.1, 0.15) is 11.6 Å². The lowest BCUT2D eigenvalue weighted by atomic mass is 10.1. The number of nitrogens with zero attached hydrogens (tertiary/aromatic N) is 2. The van der Waals surface area contributed by atoms with Crippen molar-refractivity contribution in [2.45, 2.75) is 19.9 Å². The highest BCUT2D eigenvalue weighted by atomic mass is 16.5. The molecule has 0 spiro atoms. The number of fused-ring (bicyclic) bond motifs is 1. The second kappa shape index (κ2) is 10.9. The van der Waals surface area contributed by atoms with Gasteiger partial charge in [0, 0.05) is 0 Å². The molecule has 34 heavy (non-hydrogen) atoms. The molecule has 0 amide bonds. The molecule has 1 N–H and O–H groups in total. The normalized spacial score (nSPS) is 10.9. The van der Waals surface area contributed by atoms with Crippen molar-refractivity contribution in [2.24, 2.45) is 0 Å². The summed E-state index contributed by atoms with van der Waals surface area (Å²) >= 11 is 0. The van der Waals surface area contributed by atoms with E-state index in [0.29, 0.717) is 59.4 Å². The molecule has 3 aromatic carbocycles. The number of ether oxygens (including phenoxy) is 3. The van der Waals surface area contributed by atoms with E-state index in [0.717, 1.165) is 12.0 Å². The van der Waals surface area contributed by atoms with Crippen LogP contribution in [0.4, 0.5) is 0 Å². The molecule has 0 aliphatic carbocycles. The predicted molar refractivity (Wildman–Crippen MR) is 133 cm³/mol. The average molecular weight is 460 g/mol. The lowest BCUT2D eigenvalue weighted by molar-refractivity contribution is 0.338. The van der Waals surface area contributed by atoms with E-state index < -0.39 is 0 Å². The average Bonchev–Trinajstić information content (AvgIpc) is 2.87. The first-order valence-electron chi connectivity index (χ1n) is 11.3. The summed E-state index contributed by atoms with van der Waals surface area (Å²) in [7, 11) is 3.25. The molecule has 4 rings (SSSR count). The fourth-order valence-electron chi connectivity index (χ4n) is 3.93. The Labute approximate surface area is 198 Å². The summed E-state index contributed by atoms with van der Waals surface area (Å²) in [5, 5.41) is 4.01. The van der Waals surface area contributed by atoms with Gasteiger partial charge in [0.05, 0.1) is 44.0 Å². The predicted octanol–water partition coefficient (Wildman–Crippen LogP) is 4.13. The van der Waals surface area contributed by atoms with Gasteiger partial charge in [-0.15, -0.1) is 0 Å². The molecule has 7 heteroatoms. The number of nitrogens with one attached hydrogen (secondary N) is 1. The van der Waals surface area contributed by atoms with Crippen LogP contribution in [0.2, 0.25) is 0 Å². The third kappa shape index (κ3) is 4.89. The summed E-state index contributed by atoms with van der Waals surface area (Å²) in [6.07, 6.45) is 0.785. The molecule has 0 aliphatic rings. The van der Waals surface area contributed by atoms with Crippen molar-refractivity contribution in [3.8, 4) is 22.9 Å². The Morgan fingerprint density at radius 2 is 1.68 bits per heavy atom. The Balaban J connectivity index is 1.61. The second-order valence-electron chi connectivity index (χ2n) is 7.70. The standard InChI is InChI=1S/C27H29N3O4/c1-4-34-23-12-8-7-11-22(23)30-26(29-21-10-6-5-9-20(21)27(30)31)18-28-16-15-19-13-14-24(32-2)25(17-19)33-3/h5-14,17,28H,4,15-16,18H2,1-3H3. The van der Waals surface area contributed by atoms with Crippen molar-refractivity contribution in [3.63, 3.8) is 0 Å². The molecule has 1 heterocycles. The van der Waals surface area contributed by atoms with Gasteiger partial charge >= 0.3 is 0 Å². The van der Waals surface area contributed by atoms with E-state index in [-0.39, 0.29) is 5.56 Å². The third-order valence-electron chi connectivity index (χ3n) is 5.57. The summed E-state index contributed by atoms with van der Waals surface area (Å²) in [6.45, 7) is 3.56. The van der Waals surface area contributed by atoms with Crippen molar-refractivity contribution in [2.75, 3.05) is 27.4 Å². The van der Waals surface area contributed by atoms with Crippen LogP contribution in [0.1, 0.15) is 18.3 Å². The van der Waals surface area contributed by atoms with Crippen LogP contribution in [0.3, 0.4) is 0 Å². The summed E-state index contributed by atoms with van der Waals surface area (Å²) < 4.78 is 18.2. The van der Waals surface area contributed by atoms with E-state index in [2.05, 4.69) is 5.32 Å². The maximum Gasteiger partial charge on any atom is 0.266 e. The summed E-state index contributed by atoms with van der Waals surface area (Å²) in [5.41, 5.74) is 2.36. The molecule has 0 saturated heterocycles. The van der Waals surface area contributed by atoms with E-state index in [1.807, 2.05) is 67.6 Å². The molecule has 0 aliphatic heterocycles. The topological polar surface area (TPSA) is 74.6 Å². The van der Waals surface area contributed by atoms with Crippen LogP contribution >= 0.6 is 0 Å². The summed E-state index contributed by atoms with van der Waals surface area (Å²) in [6, 6.07) is 20.9. The van der Waals surface area contributed by atoms with Crippen LogP contribution in [0.15, 0.2) is 71.5 Å². The number of hydrogen-bond donors (Lipinski definition) is 1. The largest absolute Gasteiger partial charge is 0.493 e. The number of para-hydroxylation sites is 3. The fraction of sp³-hybridized carbons (Fsp3) is 0.259. The van der Waals surface area contributed by atoms with E-state index in [1.54, 1.807) is 24.9 Å². The number of methoxy groups -OCH3 is 2. The monoisotopic (exact) mass is 459 g/mol. The quantitative estimate of drug-likeness (QED) is 0.360. The minimum Gasteiger partial charge on any atom is -0.493 e. The number of hydrogen-bond acceptors (Lipinski definition) is 6. The Kier molecular flexibility index (Phi) is 7.44. The Morgan fingerprint density at radius 3 is 2.47 bits per heavy atom. The van der Waals surface area contributed by atoms with Crippen LogP contribution in [-0.4, -0.2) is 36.9 Å². The van der Waals surface area contributed by atoms with Crippen LogP contribution in [0.5, 0.6) is 17.2 Å². The van der Waals surface area contributed by atoms with Crippen molar-refractivity contribution in [3.05, 3.63) is 88.5 Å². The third-order valence-corrected chi connectivity index (χ3v) is 5.57. The molecule has 4 aromatic rings. The second-order valence-corrected chi connectivity index (χ2v) is 7.70. The van der Waals surface area contributed by atoms with Crippen LogP contribution < -0.4 is 25.1 Å². The molecule has 176 valence electrons. The van der Waals surface area contributed by atoms with Gasteiger partial charge in [-0.3, -0.25) is 9.36 Å². The van der Waals surface area contributed by atoms with Crippen molar-refractivity contribution in [1.29, 1.82) is 0 Å². The van der Waals surface area contributed by atoms with Gasteiger partial charge in [-0.05, 0) is 61.9 Å². The highest BCUT2D eigenvalue weighted by molar-refractivity contribution is 5.78. The molecule has 0 saturated carbocycles. The Morgan fingerprint density at radius 1 is 0.912 bits per heavy atom. The number of benzene rings is 3. The zero-order valence-electron chi connectivity index (χ0n) is 19.7. The molecule has 0 unspecified atom stereocenters. The molecule has 7 nitrogen and oxygen atoms in total. The molecular weight excluding hydrogens is 430 g/mol. The molecule has 0 atom stereocenters. The first-order chi connectivity index (χ1) is 16.7. The molecule has 1 aromatic heterocycles. The summed E-state index contributed by atoms with van der Waals surface area (Å²) in [4.78, 5) is 18.3. The first kappa shape index (κ1) is 23.3. The zero-order valence-corrected chi connectivity index (χ0v) is 19.7. The molecular formula is C27H29N3O4. The van der Waals surface area contributed by atoms with Crippen molar-refractivity contribution >= 4 is 10.9 Å². The van der Waals surface area contributed by atoms with Gasteiger partial charge in [0.25, 0.3) is 5.56 Å². The van der Waals surface area contributed by atoms with Gasteiger partial charge in [0.15, 0.2) is 11.5 Å². The van der Waals surface area contributed by atoms with Gasteiger partial charge in [0.2, 0.25) is 0 Å². The lowest BCUT2D eigenvalue weighted by Gasteiger charge is -2.17. The smallest absolute Gasteiger partial charge is 0.266 e. The van der Waals surface area contributed by atoms with Gasteiger partial charge in [-0.2, -0.15) is 0 Å². The van der Waals surface area contributed by atoms with Crippen molar-refractivity contribution in [1.82, 2.24) is 14.9 Å². The highest BCUT2D eigenvalue weighted by Gasteiger charge is 2.16. The Bertz CT molecular complexity index is 1330. The van der Waals surface area contributed by atoms with Crippen molar-refractivity contribution < 1.29 is 14.2 Å². The van der Waals surface area contributed by atoms with Gasteiger partial charge in [-0.1, -0.05) is 30.3 Å². The first-order valence-corrected chi connectivity index (χ1v) is 11.3. The van der Waals surface area contributed by atoms with Crippen LogP contribution in [-0.2, 0) is 13.0 Å². The van der Waals surface area contributed by atoms with Gasteiger partial charge in [-0.25, -0.2) is 4.98 Å². The minimum atomic E-state index is -0.116. The van der Waals surface area contributed by atoms with Gasteiger partial charge < -0.3 is 19.5 Å². The maximum absolute atomic E-state index is 13.5. The Hall–Kier alpha value is -3.84. The highest BCUT2D eigenvalue weighted by Crippen LogP contribution is 2.27. The maximum atomic E-state index is 13.5. The minimum absolute atomic E-state index is 0.116. The zero-order chi connectivity index (χ0) is 23.9. The summed E-state index contributed by atoms with van der Waals surface area (Å²) in [5.74, 6) is 2.69. The number of aromatic nitrogens is 2. The van der Waals surface area contributed by atoms with E-state index in [4.69, 9.17) is 19.2 Å². The molecule has 0 fully saturated rings. The lowest BCUT2D eigenvalue weighted by Crippen LogP contribution is -2.28. The van der Waals surface area contributed by atoms with Crippen LogP contribution in [0, 0.1) is 0 Å². The van der Waals surface area contributed by atoms with E-state index in [9.17, 15) is 4.79 Å². The van der Waals surface area contributed by atoms with E-state index in [1.165, 1.54) is 0 Å². The molecule has 0 radical (unpaired) electrons. The SMILES string of the molecule is CCOc1ccccc1-n1c(CNCCc2ccc(OC)c(OC)c2)nc2ccccc2c1=O. The van der Waals surface area contributed by atoms with Crippen LogP contribution in [0.25, 0.3) is 16.6 Å².